The summed E-state index contributed by atoms with van der Waals surface area (Å²) in [5.41, 5.74) is 1.13. The van der Waals surface area contributed by atoms with E-state index >= 15 is 0 Å². The Balaban J connectivity index is 1.37. The summed E-state index contributed by atoms with van der Waals surface area (Å²) in [6.45, 7) is 3.25. The van der Waals surface area contributed by atoms with Crippen molar-refractivity contribution < 1.29 is 22.3 Å². The van der Waals surface area contributed by atoms with Crippen molar-refractivity contribution in [1.29, 1.82) is 5.26 Å². The Morgan fingerprint density at radius 1 is 1.22 bits per heavy atom. The Morgan fingerprint density at radius 2 is 2.00 bits per heavy atom. The Kier molecular flexibility index (Phi) is 5.76. The first-order chi connectivity index (χ1) is 15.3. The summed E-state index contributed by atoms with van der Waals surface area (Å²) < 4.78 is 48.5. The molecule has 1 aliphatic rings. The lowest BCUT2D eigenvalue weighted by atomic mass is 10.2. The fourth-order valence-electron chi connectivity index (χ4n) is 3.23. The van der Waals surface area contributed by atoms with Crippen LogP contribution < -0.4 is 14.5 Å². The lowest BCUT2D eigenvalue weighted by Crippen LogP contribution is -2.52. The van der Waals surface area contributed by atoms with Crippen LogP contribution in [0.1, 0.15) is 23.9 Å². The van der Waals surface area contributed by atoms with Crippen molar-refractivity contribution in [3.63, 3.8) is 0 Å². The molecule has 1 atom stereocenters. The van der Waals surface area contributed by atoms with Crippen molar-refractivity contribution in [1.82, 2.24) is 25.1 Å². The molecule has 0 unspecified atom stereocenters. The highest BCUT2D eigenvalue weighted by Crippen LogP contribution is 2.30. The Bertz CT molecular complexity index is 1110. The van der Waals surface area contributed by atoms with E-state index in [2.05, 4.69) is 31.2 Å². The quantitative estimate of drug-likeness (QED) is 0.578. The van der Waals surface area contributed by atoms with E-state index in [4.69, 9.17) is 14.4 Å². The SMILES string of the molecule is C[C@@H]1CN(c2nnc(C(F)(F)F)o2)CCN1c1ncc(OCc2ccncc2C#N)cn1. The van der Waals surface area contributed by atoms with Gasteiger partial charge in [0, 0.05) is 43.6 Å². The van der Waals surface area contributed by atoms with Gasteiger partial charge >= 0.3 is 18.1 Å². The molecule has 32 heavy (non-hydrogen) atoms. The lowest BCUT2D eigenvalue weighted by molar-refractivity contribution is -0.157. The lowest BCUT2D eigenvalue weighted by Gasteiger charge is -2.38. The molecule has 0 amide bonds. The van der Waals surface area contributed by atoms with Crippen LogP contribution in [0.15, 0.2) is 35.3 Å². The minimum atomic E-state index is -4.68. The fourth-order valence-corrected chi connectivity index (χ4v) is 3.23. The Labute approximate surface area is 180 Å². The topological polar surface area (TPSA) is 117 Å². The molecule has 0 N–H and O–H groups in total. The van der Waals surface area contributed by atoms with E-state index < -0.39 is 12.1 Å². The molecule has 1 fully saturated rings. The van der Waals surface area contributed by atoms with Gasteiger partial charge in [-0.15, -0.1) is 5.10 Å². The molecular formula is C19H17F3N8O2. The second kappa shape index (κ2) is 8.66. The van der Waals surface area contributed by atoms with Crippen molar-refractivity contribution in [3.8, 4) is 11.8 Å². The number of nitrogens with zero attached hydrogens (tertiary/aromatic N) is 8. The Hall–Kier alpha value is -3.95. The summed E-state index contributed by atoms with van der Waals surface area (Å²) >= 11 is 0. The number of hydrogen-bond acceptors (Lipinski definition) is 10. The third kappa shape index (κ3) is 4.53. The maximum atomic E-state index is 12.7. The van der Waals surface area contributed by atoms with Gasteiger partial charge in [0.1, 0.15) is 12.7 Å². The van der Waals surface area contributed by atoms with Crippen LogP contribution >= 0.6 is 0 Å². The van der Waals surface area contributed by atoms with E-state index in [-0.39, 0.29) is 18.7 Å². The highest BCUT2D eigenvalue weighted by molar-refractivity contribution is 5.39. The maximum Gasteiger partial charge on any atom is 0.470 e. The van der Waals surface area contributed by atoms with Crippen LogP contribution in [-0.4, -0.2) is 50.8 Å². The van der Waals surface area contributed by atoms with E-state index in [1.54, 1.807) is 17.2 Å². The van der Waals surface area contributed by atoms with Crippen LogP contribution in [0.25, 0.3) is 0 Å². The molecule has 0 spiro atoms. The molecule has 166 valence electrons. The summed E-state index contributed by atoms with van der Waals surface area (Å²) in [6.07, 6.45) is 1.43. The van der Waals surface area contributed by atoms with Gasteiger partial charge in [-0.3, -0.25) is 4.98 Å². The van der Waals surface area contributed by atoms with Crippen molar-refractivity contribution in [3.05, 3.63) is 47.9 Å². The summed E-state index contributed by atoms with van der Waals surface area (Å²) in [6, 6.07) is 3.48. The van der Waals surface area contributed by atoms with E-state index in [9.17, 15) is 13.2 Å². The normalized spacial score (nSPS) is 16.7. The van der Waals surface area contributed by atoms with E-state index in [1.165, 1.54) is 18.6 Å². The predicted octanol–water partition coefficient (Wildman–Crippen LogP) is 2.44. The molecule has 3 aromatic rings. The van der Waals surface area contributed by atoms with Gasteiger partial charge in [0.2, 0.25) is 5.95 Å². The first-order valence-corrected chi connectivity index (χ1v) is 9.55. The number of aromatic nitrogens is 5. The largest absolute Gasteiger partial charge is 0.486 e. The molecular weight excluding hydrogens is 429 g/mol. The van der Waals surface area contributed by atoms with Gasteiger partial charge in [0.05, 0.1) is 18.0 Å². The number of hydrogen-bond donors (Lipinski definition) is 0. The molecule has 4 rings (SSSR count). The second-order valence-corrected chi connectivity index (χ2v) is 7.03. The van der Waals surface area contributed by atoms with Gasteiger partial charge in [0.15, 0.2) is 5.75 Å². The van der Waals surface area contributed by atoms with Gasteiger partial charge in [-0.1, -0.05) is 5.10 Å². The molecule has 3 aromatic heterocycles. The average Bonchev–Trinajstić information content (AvgIpc) is 3.29. The molecule has 13 heteroatoms. The fraction of sp³-hybridized carbons (Fsp3) is 0.368. The summed E-state index contributed by atoms with van der Waals surface area (Å²) in [4.78, 5) is 16.1. The molecule has 10 nitrogen and oxygen atoms in total. The number of alkyl halides is 3. The molecule has 0 aliphatic carbocycles. The second-order valence-electron chi connectivity index (χ2n) is 7.03. The number of rotatable bonds is 5. The predicted molar refractivity (Wildman–Crippen MR) is 104 cm³/mol. The zero-order valence-electron chi connectivity index (χ0n) is 16.8. The van der Waals surface area contributed by atoms with Gasteiger partial charge in [-0.25, -0.2) is 9.97 Å². The minimum Gasteiger partial charge on any atom is -0.486 e. The van der Waals surface area contributed by atoms with Crippen molar-refractivity contribution >= 4 is 12.0 Å². The Morgan fingerprint density at radius 3 is 2.66 bits per heavy atom. The monoisotopic (exact) mass is 446 g/mol. The average molecular weight is 446 g/mol. The zero-order chi connectivity index (χ0) is 22.7. The number of piperazine rings is 1. The summed E-state index contributed by atoms with van der Waals surface area (Å²) in [5, 5.41) is 15.7. The van der Waals surface area contributed by atoms with Crippen LogP contribution in [-0.2, 0) is 12.8 Å². The van der Waals surface area contributed by atoms with Gasteiger partial charge in [-0.05, 0) is 13.0 Å². The van der Waals surface area contributed by atoms with Gasteiger partial charge in [0.25, 0.3) is 0 Å². The first-order valence-electron chi connectivity index (χ1n) is 9.55. The van der Waals surface area contributed by atoms with E-state index in [0.717, 1.165) is 0 Å². The van der Waals surface area contributed by atoms with Gasteiger partial charge in [-0.2, -0.15) is 18.4 Å². The summed E-state index contributed by atoms with van der Waals surface area (Å²) in [7, 11) is 0. The molecule has 0 saturated carbocycles. The van der Waals surface area contributed by atoms with Crippen LogP contribution in [0.3, 0.4) is 0 Å². The number of nitriles is 1. The number of ether oxygens (including phenoxy) is 1. The van der Waals surface area contributed by atoms with Crippen LogP contribution in [0, 0.1) is 11.3 Å². The van der Waals surface area contributed by atoms with Gasteiger partial charge < -0.3 is 19.0 Å². The highest BCUT2D eigenvalue weighted by Gasteiger charge is 2.39. The van der Waals surface area contributed by atoms with E-state index in [0.29, 0.717) is 42.5 Å². The molecule has 1 aliphatic heterocycles. The molecule has 0 bridgehead atoms. The molecule has 4 heterocycles. The van der Waals surface area contributed by atoms with E-state index in [1.807, 2.05) is 11.8 Å². The van der Waals surface area contributed by atoms with Crippen LogP contribution in [0.2, 0.25) is 0 Å². The van der Waals surface area contributed by atoms with Crippen molar-refractivity contribution in [2.24, 2.45) is 0 Å². The zero-order valence-corrected chi connectivity index (χ0v) is 16.8. The van der Waals surface area contributed by atoms with Crippen molar-refractivity contribution in [2.75, 3.05) is 29.4 Å². The minimum absolute atomic E-state index is 0.119. The molecule has 1 saturated heterocycles. The number of anilines is 2. The summed E-state index contributed by atoms with van der Waals surface area (Å²) in [5.74, 6) is -0.464. The number of halogens is 3. The smallest absolute Gasteiger partial charge is 0.470 e. The molecule has 0 aromatic carbocycles. The highest BCUT2D eigenvalue weighted by atomic mass is 19.4. The third-order valence-electron chi connectivity index (χ3n) is 4.85. The first kappa shape index (κ1) is 21.3. The van der Waals surface area contributed by atoms with Crippen LogP contribution in [0.5, 0.6) is 5.75 Å². The number of pyridine rings is 1. The molecule has 0 radical (unpaired) electrons. The van der Waals surface area contributed by atoms with Crippen LogP contribution in [0.4, 0.5) is 25.1 Å². The maximum absolute atomic E-state index is 12.7. The third-order valence-corrected chi connectivity index (χ3v) is 4.85. The van der Waals surface area contributed by atoms with Crippen molar-refractivity contribution in [2.45, 2.75) is 25.7 Å². The standard InChI is InChI=1S/C19H17F3N8O2/c1-12-10-29(18-28-27-16(32-18)19(20,21)22)4-5-30(12)17-25-8-15(9-26-17)31-11-13-2-3-24-7-14(13)6-23/h2-3,7-9,12H,4-5,10-11H2,1H3/t12-/m1/s1.